The summed E-state index contributed by atoms with van der Waals surface area (Å²) in [6.07, 6.45) is -0.0363. The predicted molar refractivity (Wildman–Crippen MR) is 262 cm³/mol. The van der Waals surface area contributed by atoms with Gasteiger partial charge in [-0.15, -0.1) is 22.7 Å². The van der Waals surface area contributed by atoms with E-state index < -0.39 is 36.2 Å². The third kappa shape index (κ3) is 15.2. The number of carbonyl (C=O) groups is 4. The predicted octanol–water partition coefficient (Wildman–Crippen LogP) is 7.79. The molecule has 0 saturated carbocycles. The Labute approximate surface area is 432 Å². The minimum atomic E-state index is -1.07. The molecule has 2 fully saturated rings. The molecule has 15 nitrogen and oxygen atoms in total. The second-order valence-corrected chi connectivity index (χ2v) is 20.8. The maximum Gasteiger partial charge on any atom is 1.00 e. The average molecular weight is 1040 g/mol. The van der Waals surface area contributed by atoms with Gasteiger partial charge < -0.3 is 34.6 Å². The second kappa shape index (κ2) is 25.9. The van der Waals surface area contributed by atoms with Crippen LogP contribution in [0.2, 0.25) is 20.1 Å². The molecule has 2 saturated heterocycles. The largest absolute Gasteiger partial charge is 1.00 e. The summed E-state index contributed by atoms with van der Waals surface area (Å²) < 4.78 is 15.5. The molecule has 2 N–H and O–H groups in total. The van der Waals surface area contributed by atoms with Crippen LogP contribution in [0.25, 0.3) is 22.5 Å². The summed E-state index contributed by atoms with van der Waals surface area (Å²) in [7, 11) is 1.32. The fraction of sp³-hybridized carbons (Fsp3) is 0.511. The number of ether oxygens (including phenoxy) is 3. The Bertz CT molecular complexity index is 2340. The number of amides is 2. The molecule has 0 bridgehead atoms. The Kier molecular flexibility index (Phi) is 22.4. The third-order valence-electron chi connectivity index (χ3n) is 10.1. The summed E-state index contributed by atoms with van der Waals surface area (Å²) in [5.74, 6) is -0.701. The number of piperazine rings is 2. The van der Waals surface area contributed by atoms with Crippen LogP contribution in [0, 0.1) is 11.8 Å². The van der Waals surface area contributed by atoms with Crippen molar-refractivity contribution in [2.24, 2.45) is 11.8 Å². The molecule has 2 amide bonds. The monoisotopic (exact) mass is 1040 g/mol. The standard InChI is InChI=1S/C23H29Cl2N3O4S.C22H27Cl2N3O4S.Li.H2O/c1-13(2)10-19-20(15-6-7-16(24)17(25)11-15)26-22(33-19)27-8-9-28(23(30)32-14(3)4)18(12-27)21(29)31-5;1-12(2)9-18-19(14-5-6-15(23)16(24)10-14)25-21(32-18)26-7-8-27(17(11-26)20(28)29)22(30)31-13(3)4;;/h6-7,11,13-14,18H,8-10,12H2,1-5H3;5-6,10,12-13,17H,7-9,11H2,1-4H3,(H,28,29);;1H2/q;;+1;/p-1. The molecule has 2 atom stereocenters. The number of carboxylic acids is 1. The number of anilines is 2. The molecule has 2 aliphatic heterocycles. The Morgan fingerprint density at radius 1 is 0.657 bits per heavy atom. The van der Waals surface area contributed by atoms with Crippen molar-refractivity contribution >= 4 is 103 Å². The van der Waals surface area contributed by atoms with E-state index >= 15 is 0 Å². The first-order valence-corrected chi connectivity index (χ1v) is 24.5. The molecule has 0 spiro atoms. The summed E-state index contributed by atoms with van der Waals surface area (Å²) in [6, 6.07) is 9.14. The van der Waals surface area contributed by atoms with E-state index in [1.807, 2.05) is 28.0 Å². The van der Waals surface area contributed by atoms with E-state index in [0.29, 0.717) is 51.6 Å². The molecule has 2 aromatic carbocycles. The second-order valence-electron chi connectivity index (χ2n) is 17.0. The summed E-state index contributed by atoms with van der Waals surface area (Å²) in [5, 5.41) is 13.2. The molecule has 4 heterocycles. The zero-order chi connectivity index (χ0) is 47.9. The van der Waals surface area contributed by atoms with Crippen molar-refractivity contribution in [3.8, 4) is 22.5 Å². The van der Waals surface area contributed by atoms with Crippen molar-refractivity contribution in [2.75, 3.05) is 56.2 Å². The Balaban J connectivity index is 0.000000345. The number of carboxylic acid groups (broad SMARTS) is 1. The summed E-state index contributed by atoms with van der Waals surface area (Å²) in [6.45, 7) is 17.6. The van der Waals surface area contributed by atoms with Gasteiger partial charge in [0.25, 0.3) is 0 Å². The number of hydrogen-bond acceptors (Lipinski definition) is 14. The Morgan fingerprint density at radius 2 is 1.04 bits per heavy atom. The number of methoxy groups -OCH3 is 1. The minimum absolute atomic E-state index is 0. The van der Waals surface area contributed by atoms with Gasteiger partial charge in [0.05, 0.1) is 63.9 Å². The van der Waals surface area contributed by atoms with E-state index in [0.717, 1.165) is 55.4 Å². The number of benzene rings is 2. The van der Waals surface area contributed by atoms with Crippen LogP contribution in [0.4, 0.5) is 19.9 Å². The van der Waals surface area contributed by atoms with Crippen LogP contribution in [-0.2, 0) is 36.6 Å². The van der Waals surface area contributed by atoms with E-state index in [-0.39, 0.29) is 56.2 Å². The quantitative estimate of drug-likeness (QED) is 0.0825. The summed E-state index contributed by atoms with van der Waals surface area (Å²) >= 11 is 27.8. The van der Waals surface area contributed by atoms with Crippen LogP contribution in [0.5, 0.6) is 0 Å². The summed E-state index contributed by atoms with van der Waals surface area (Å²) in [5.41, 5.74) is 3.45. The molecule has 362 valence electrons. The van der Waals surface area contributed by atoms with Gasteiger partial charge in [0.2, 0.25) is 0 Å². The van der Waals surface area contributed by atoms with E-state index in [1.165, 1.54) is 16.9 Å². The van der Waals surface area contributed by atoms with Gasteiger partial charge in [0.15, 0.2) is 16.3 Å². The first-order chi connectivity index (χ1) is 30.7. The SMILES string of the molecule is CC(C)Cc1sc(N2CCN(C(=O)OC(C)C)C(C(=O)O)C2)nc1-c1ccc(Cl)c(Cl)c1.COC(=O)C1CN(c2nc(-c3ccc(Cl)c(Cl)c3)c(CC(C)C)s2)CCN1C(=O)OC(C)C.[Li+].[OH-]. The molecule has 2 aliphatic rings. The first-order valence-electron chi connectivity index (χ1n) is 21.3. The van der Waals surface area contributed by atoms with Gasteiger partial charge in [-0.3, -0.25) is 9.80 Å². The zero-order valence-corrected chi connectivity index (χ0v) is 44.0. The van der Waals surface area contributed by atoms with Gasteiger partial charge >= 0.3 is 43.0 Å². The molecule has 22 heteroatoms. The van der Waals surface area contributed by atoms with E-state index in [9.17, 15) is 24.3 Å². The maximum absolute atomic E-state index is 12.5. The molecule has 2 aromatic heterocycles. The van der Waals surface area contributed by atoms with Crippen LogP contribution in [0.3, 0.4) is 0 Å². The van der Waals surface area contributed by atoms with Gasteiger partial charge in [-0.1, -0.05) is 86.2 Å². The van der Waals surface area contributed by atoms with Crippen molar-refractivity contribution < 1.29 is 62.8 Å². The van der Waals surface area contributed by atoms with Gasteiger partial charge in [-0.25, -0.2) is 29.1 Å². The minimum Gasteiger partial charge on any atom is -0.870 e. The number of halogens is 4. The van der Waals surface area contributed by atoms with Crippen molar-refractivity contribution in [1.29, 1.82) is 0 Å². The Morgan fingerprint density at radius 3 is 1.39 bits per heavy atom. The number of hydrogen-bond donors (Lipinski definition) is 1. The average Bonchev–Trinajstić information content (AvgIpc) is 3.85. The maximum atomic E-state index is 12.5. The first kappa shape index (κ1) is 57.8. The number of thiazole rings is 2. The fourth-order valence-electron chi connectivity index (χ4n) is 7.14. The smallest absolute Gasteiger partial charge is 0.870 e. The molecular formula is C45H57Cl4LiN6O9S2. The summed E-state index contributed by atoms with van der Waals surface area (Å²) in [4.78, 5) is 68.0. The van der Waals surface area contributed by atoms with Crippen LogP contribution in [-0.4, -0.2) is 125 Å². The molecule has 2 unspecified atom stereocenters. The molecule has 0 radical (unpaired) electrons. The number of aromatic nitrogens is 2. The number of aliphatic carboxylic acids is 1. The molecule has 6 rings (SSSR count). The van der Waals surface area contributed by atoms with Crippen molar-refractivity contribution in [1.82, 2.24) is 19.8 Å². The Hall–Kier alpha value is -3.50. The molecular weight excluding hydrogens is 981 g/mol. The van der Waals surface area contributed by atoms with Crippen molar-refractivity contribution in [3.05, 3.63) is 66.2 Å². The van der Waals surface area contributed by atoms with Gasteiger partial charge in [-0.05, 0) is 76.6 Å². The van der Waals surface area contributed by atoms with Crippen LogP contribution in [0.1, 0.15) is 65.1 Å². The molecule has 67 heavy (non-hydrogen) atoms. The van der Waals surface area contributed by atoms with E-state index in [2.05, 4.69) is 27.7 Å². The van der Waals surface area contributed by atoms with Crippen LogP contribution >= 0.6 is 69.1 Å². The number of nitrogens with zero attached hydrogens (tertiary/aromatic N) is 6. The van der Waals surface area contributed by atoms with Crippen molar-refractivity contribution in [3.63, 3.8) is 0 Å². The van der Waals surface area contributed by atoms with E-state index in [1.54, 1.807) is 68.6 Å². The van der Waals surface area contributed by atoms with Crippen LogP contribution in [0.15, 0.2) is 36.4 Å². The van der Waals surface area contributed by atoms with Crippen LogP contribution < -0.4 is 28.7 Å². The van der Waals surface area contributed by atoms with Gasteiger partial charge in [0, 0.05) is 47.1 Å². The van der Waals surface area contributed by atoms with Crippen molar-refractivity contribution in [2.45, 2.75) is 92.5 Å². The third-order valence-corrected chi connectivity index (χ3v) is 13.9. The van der Waals surface area contributed by atoms with E-state index in [4.69, 9.17) is 70.6 Å². The zero-order valence-electron chi connectivity index (χ0n) is 39.3. The molecule has 4 aromatic rings. The topological polar surface area (TPSA) is 185 Å². The normalized spacial score (nSPS) is 16.1. The van der Waals surface area contributed by atoms with Gasteiger partial charge in [-0.2, -0.15) is 0 Å². The number of esters is 1. The number of carbonyl (C=O) groups excluding carboxylic acids is 3. The molecule has 0 aliphatic carbocycles. The number of rotatable bonds is 12. The van der Waals surface area contributed by atoms with Gasteiger partial charge in [0.1, 0.15) is 6.04 Å². The fourth-order valence-corrected chi connectivity index (χ4v) is 10.4.